The first kappa shape index (κ1) is 15.4. The van der Waals surface area contributed by atoms with Gasteiger partial charge in [-0.05, 0) is 20.8 Å². The Bertz CT molecular complexity index is 582. The zero-order valence-electron chi connectivity index (χ0n) is 12.0. The largest absolute Gasteiger partial charge is 0.394 e. The summed E-state index contributed by atoms with van der Waals surface area (Å²) in [6, 6.07) is -0.186. The molecular formula is C12H21N3O4S. The number of morpholine rings is 1. The van der Waals surface area contributed by atoms with E-state index in [1.165, 1.54) is 8.99 Å². The van der Waals surface area contributed by atoms with E-state index in [4.69, 9.17) is 9.84 Å². The van der Waals surface area contributed by atoms with Crippen LogP contribution in [0.4, 0.5) is 0 Å². The van der Waals surface area contributed by atoms with Crippen molar-refractivity contribution in [2.75, 3.05) is 26.4 Å². The minimum absolute atomic E-state index is 0.0740. The quantitative estimate of drug-likeness (QED) is 0.840. The lowest BCUT2D eigenvalue weighted by molar-refractivity contribution is 0.0392. The lowest BCUT2D eigenvalue weighted by Crippen LogP contribution is -2.47. The van der Waals surface area contributed by atoms with Gasteiger partial charge in [0.25, 0.3) is 0 Å². The van der Waals surface area contributed by atoms with E-state index in [0.29, 0.717) is 37.7 Å². The number of aromatic nitrogens is 2. The van der Waals surface area contributed by atoms with E-state index in [2.05, 4.69) is 5.10 Å². The summed E-state index contributed by atoms with van der Waals surface area (Å²) in [7, 11) is -3.58. The van der Waals surface area contributed by atoms with Crippen LogP contribution in [-0.2, 0) is 21.3 Å². The number of aryl methyl sites for hydroxylation is 1. The molecule has 0 bridgehead atoms. The van der Waals surface area contributed by atoms with Crippen LogP contribution >= 0.6 is 0 Å². The van der Waals surface area contributed by atoms with E-state index in [1.807, 2.05) is 6.92 Å². The molecule has 0 aliphatic carbocycles. The maximum Gasteiger partial charge on any atom is 0.247 e. The van der Waals surface area contributed by atoms with E-state index in [9.17, 15) is 8.42 Å². The van der Waals surface area contributed by atoms with Crippen molar-refractivity contribution >= 4 is 10.0 Å². The molecule has 1 aliphatic rings. The van der Waals surface area contributed by atoms with Crippen molar-refractivity contribution in [3.05, 3.63) is 11.4 Å². The van der Waals surface area contributed by atoms with Crippen molar-refractivity contribution in [1.82, 2.24) is 14.1 Å². The molecule has 1 N–H and O–H groups in total. The summed E-state index contributed by atoms with van der Waals surface area (Å²) in [6.45, 7) is 6.62. The average Bonchev–Trinajstić information content (AvgIpc) is 2.65. The van der Waals surface area contributed by atoms with Crippen LogP contribution in [-0.4, -0.2) is 60.0 Å². The van der Waals surface area contributed by atoms with Gasteiger partial charge < -0.3 is 9.84 Å². The van der Waals surface area contributed by atoms with Gasteiger partial charge in [0, 0.05) is 12.6 Å². The molecular weight excluding hydrogens is 282 g/mol. The lowest BCUT2D eigenvalue weighted by Gasteiger charge is -2.32. The van der Waals surface area contributed by atoms with Crippen LogP contribution in [0.1, 0.15) is 18.3 Å². The monoisotopic (exact) mass is 303 g/mol. The van der Waals surface area contributed by atoms with Crippen LogP contribution < -0.4 is 0 Å². The molecule has 7 nitrogen and oxygen atoms in total. The molecule has 2 rings (SSSR count). The molecule has 20 heavy (non-hydrogen) atoms. The number of ether oxygens (including phenoxy) is 1. The molecule has 2 heterocycles. The van der Waals surface area contributed by atoms with Gasteiger partial charge >= 0.3 is 0 Å². The van der Waals surface area contributed by atoms with Gasteiger partial charge in [0.05, 0.1) is 37.8 Å². The van der Waals surface area contributed by atoms with E-state index in [0.717, 1.165) is 0 Å². The SMILES string of the molecule is Cc1nn(CCO)c(C)c1S(=O)(=O)N1CCOCC1C. The van der Waals surface area contributed by atoms with Gasteiger partial charge in [0.15, 0.2) is 0 Å². The van der Waals surface area contributed by atoms with Crippen LogP contribution in [0, 0.1) is 13.8 Å². The summed E-state index contributed by atoms with van der Waals surface area (Å²) in [6.07, 6.45) is 0. The Morgan fingerprint density at radius 1 is 1.45 bits per heavy atom. The number of aliphatic hydroxyl groups excluding tert-OH is 1. The van der Waals surface area contributed by atoms with Crippen molar-refractivity contribution in [3.8, 4) is 0 Å². The summed E-state index contributed by atoms with van der Waals surface area (Å²) < 4.78 is 33.9. The third kappa shape index (κ3) is 2.60. The Hall–Kier alpha value is -0.960. The second-order valence-electron chi connectivity index (χ2n) is 4.99. The molecule has 1 atom stereocenters. The van der Waals surface area contributed by atoms with Gasteiger partial charge in [-0.15, -0.1) is 0 Å². The Balaban J connectivity index is 2.43. The number of nitrogens with zero attached hydrogens (tertiary/aromatic N) is 3. The van der Waals surface area contributed by atoms with Crippen molar-refractivity contribution < 1.29 is 18.3 Å². The predicted molar refractivity (Wildman–Crippen MR) is 73.0 cm³/mol. The molecule has 0 spiro atoms. The highest BCUT2D eigenvalue weighted by Crippen LogP contribution is 2.26. The first-order chi connectivity index (χ1) is 9.39. The fraction of sp³-hybridized carbons (Fsp3) is 0.750. The third-order valence-corrected chi connectivity index (χ3v) is 5.77. The lowest BCUT2D eigenvalue weighted by atomic mass is 10.3. The summed E-state index contributed by atoms with van der Waals surface area (Å²) in [5.74, 6) is 0. The highest BCUT2D eigenvalue weighted by atomic mass is 32.2. The number of hydrogen-bond donors (Lipinski definition) is 1. The molecule has 0 saturated carbocycles. The average molecular weight is 303 g/mol. The van der Waals surface area contributed by atoms with E-state index >= 15 is 0 Å². The van der Waals surface area contributed by atoms with Gasteiger partial charge in [-0.1, -0.05) is 0 Å². The van der Waals surface area contributed by atoms with Crippen molar-refractivity contribution in [2.24, 2.45) is 0 Å². The highest BCUT2D eigenvalue weighted by Gasteiger charge is 2.35. The molecule has 8 heteroatoms. The standard InChI is InChI=1S/C12H21N3O4S/c1-9-8-19-7-5-15(9)20(17,18)12-10(2)13-14(4-6-16)11(12)3/h9,16H,4-8H2,1-3H3. The number of hydrogen-bond acceptors (Lipinski definition) is 5. The molecule has 0 radical (unpaired) electrons. The molecule has 0 amide bonds. The minimum atomic E-state index is -3.58. The second-order valence-corrected chi connectivity index (χ2v) is 6.81. The van der Waals surface area contributed by atoms with Crippen LogP contribution in [0.2, 0.25) is 0 Å². The first-order valence-electron chi connectivity index (χ1n) is 6.64. The van der Waals surface area contributed by atoms with Crippen LogP contribution in [0.15, 0.2) is 4.90 Å². The number of rotatable bonds is 4. The van der Waals surface area contributed by atoms with E-state index in [-0.39, 0.29) is 17.5 Å². The topological polar surface area (TPSA) is 84.7 Å². The summed E-state index contributed by atoms with van der Waals surface area (Å²) in [5, 5.41) is 13.2. The molecule has 1 aliphatic heterocycles. The summed E-state index contributed by atoms with van der Waals surface area (Å²) >= 11 is 0. The van der Waals surface area contributed by atoms with E-state index in [1.54, 1.807) is 13.8 Å². The second kappa shape index (κ2) is 5.80. The highest BCUT2D eigenvalue weighted by molar-refractivity contribution is 7.89. The maximum absolute atomic E-state index is 12.8. The van der Waals surface area contributed by atoms with Gasteiger partial charge in [-0.25, -0.2) is 8.42 Å². The first-order valence-corrected chi connectivity index (χ1v) is 8.08. The van der Waals surface area contributed by atoms with Crippen LogP contribution in [0.5, 0.6) is 0 Å². The molecule has 114 valence electrons. The number of aliphatic hydroxyl groups is 1. The summed E-state index contributed by atoms with van der Waals surface area (Å²) in [5.41, 5.74) is 1.03. The predicted octanol–water partition coefficient (Wildman–Crippen LogP) is -0.0984. The van der Waals surface area contributed by atoms with Crippen molar-refractivity contribution in [2.45, 2.75) is 38.3 Å². The van der Waals surface area contributed by atoms with Crippen molar-refractivity contribution in [3.63, 3.8) is 0 Å². The maximum atomic E-state index is 12.8. The molecule has 1 unspecified atom stereocenters. The van der Waals surface area contributed by atoms with Gasteiger partial charge in [-0.2, -0.15) is 9.40 Å². The smallest absolute Gasteiger partial charge is 0.247 e. The minimum Gasteiger partial charge on any atom is -0.394 e. The van der Waals surface area contributed by atoms with Gasteiger partial charge in [0.1, 0.15) is 4.90 Å². The Labute approximate surface area is 119 Å². The normalized spacial score (nSPS) is 21.3. The fourth-order valence-electron chi connectivity index (χ4n) is 2.55. The molecule has 1 aromatic rings. The van der Waals surface area contributed by atoms with Gasteiger partial charge in [0.2, 0.25) is 10.0 Å². The molecule has 1 saturated heterocycles. The zero-order chi connectivity index (χ0) is 14.9. The fourth-order valence-corrected chi connectivity index (χ4v) is 4.53. The summed E-state index contributed by atoms with van der Waals surface area (Å²) in [4.78, 5) is 0.250. The van der Waals surface area contributed by atoms with Crippen LogP contribution in [0.3, 0.4) is 0 Å². The zero-order valence-corrected chi connectivity index (χ0v) is 12.9. The molecule has 1 aromatic heterocycles. The molecule has 0 aromatic carbocycles. The van der Waals surface area contributed by atoms with Crippen molar-refractivity contribution in [1.29, 1.82) is 0 Å². The molecule has 1 fully saturated rings. The van der Waals surface area contributed by atoms with Crippen LogP contribution in [0.25, 0.3) is 0 Å². The Morgan fingerprint density at radius 3 is 2.75 bits per heavy atom. The third-order valence-electron chi connectivity index (χ3n) is 3.50. The Morgan fingerprint density at radius 2 is 2.15 bits per heavy atom. The number of sulfonamides is 1. The van der Waals surface area contributed by atoms with Gasteiger partial charge in [-0.3, -0.25) is 4.68 Å². The van der Waals surface area contributed by atoms with E-state index < -0.39 is 10.0 Å². The Kier molecular flexibility index (Phi) is 4.48.